The van der Waals surface area contributed by atoms with Crippen LogP contribution in [0.25, 0.3) is 72.7 Å². The van der Waals surface area contributed by atoms with Crippen LogP contribution in [-0.4, -0.2) is 28.5 Å². The SMILES string of the molecule is c1ccc(-c2nc(-n3c4c5ccccc5n(-c5ccccc5)c4n4c5ccccc5nc34)c3ccccc3n2)cc1. The van der Waals surface area contributed by atoms with Crippen molar-refractivity contribution in [3.05, 3.63) is 133 Å². The van der Waals surface area contributed by atoms with Crippen LogP contribution in [0.2, 0.25) is 0 Å². The predicted molar refractivity (Wildman–Crippen MR) is 165 cm³/mol. The topological polar surface area (TPSA) is 52.9 Å². The van der Waals surface area contributed by atoms with E-state index in [4.69, 9.17) is 15.0 Å². The standard InChI is InChI=1S/C35H22N6/c1-3-13-23(14-4-1)32-36-27-19-9-7-17-25(27)33(38-32)41-31-26-18-8-11-21-29(26)39(24-15-5-2-6-16-24)34(31)40-30-22-12-10-20-28(30)37-35(40)41/h1-22H. The lowest BCUT2D eigenvalue weighted by atomic mass is 10.2. The van der Waals surface area contributed by atoms with Gasteiger partial charge in [-0.1, -0.05) is 91.0 Å². The van der Waals surface area contributed by atoms with Gasteiger partial charge in [-0.3, -0.25) is 13.5 Å². The van der Waals surface area contributed by atoms with Crippen molar-refractivity contribution in [3.8, 4) is 22.9 Å². The van der Waals surface area contributed by atoms with Crippen LogP contribution >= 0.6 is 0 Å². The molecule has 6 heteroatoms. The molecule has 4 aromatic heterocycles. The minimum Gasteiger partial charge on any atom is -0.294 e. The Labute approximate surface area is 234 Å². The first-order chi connectivity index (χ1) is 20.4. The molecule has 0 saturated carbocycles. The monoisotopic (exact) mass is 526 g/mol. The van der Waals surface area contributed by atoms with E-state index < -0.39 is 0 Å². The lowest BCUT2D eigenvalue weighted by molar-refractivity contribution is 1.04. The minimum absolute atomic E-state index is 0.683. The van der Waals surface area contributed by atoms with Crippen molar-refractivity contribution in [2.24, 2.45) is 0 Å². The second kappa shape index (κ2) is 8.37. The highest BCUT2D eigenvalue weighted by molar-refractivity contribution is 6.10. The summed E-state index contributed by atoms with van der Waals surface area (Å²) in [5.74, 6) is 2.30. The van der Waals surface area contributed by atoms with Gasteiger partial charge in [-0.15, -0.1) is 0 Å². The molecule has 5 aromatic carbocycles. The summed E-state index contributed by atoms with van der Waals surface area (Å²) in [6.07, 6.45) is 0. The minimum atomic E-state index is 0.683. The Balaban J connectivity index is 1.54. The van der Waals surface area contributed by atoms with E-state index in [9.17, 15) is 0 Å². The summed E-state index contributed by atoms with van der Waals surface area (Å²) in [5, 5.41) is 2.10. The average molecular weight is 527 g/mol. The van der Waals surface area contributed by atoms with Crippen molar-refractivity contribution in [1.82, 2.24) is 28.5 Å². The molecule has 0 fully saturated rings. The molecule has 0 saturated heterocycles. The molecule has 0 aliphatic carbocycles. The summed E-state index contributed by atoms with van der Waals surface area (Å²) in [6.45, 7) is 0. The number of fused-ring (bicyclic) bond motifs is 8. The third kappa shape index (κ3) is 3.10. The molecule has 0 unspecified atom stereocenters. The number of hydrogen-bond acceptors (Lipinski definition) is 3. The largest absolute Gasteiger partial charge is 0.294 e. The van der Waals surface area contributed by atoms with Crippen molar-refractivity contribution in [2.75, 3.05) is 0 Å². The van der Waals surface area contributed by atoms with Crippen molar-refractivity contribution >= 4 is 49.8 Å². The quantitative estimate of drug-likeness (QED) is 0.234. The van der Waals surface area contributed by atoms with Crippen LogP contribution in [0.1, 0.15) is 0 Å². The van der Waals surface area contributed by atoms with E-state index in [2.05, 4.69) is 111 Å². The number of hydrogen-bond donors (Lipinski definition) is 0. The second-order valence-corrected chi connectivity index (χ2v) is 10.2. The van der Waals surface area contributed by atoms with Gasteiger partial charge in [0.15, 0.2) is 17.3 Å². The number of imidazole rings is 2. The molecule has 4 heterocycles. The fourth-order valence-electron chi connectivity index (χ4n) is 6.09. The number of aromatic nitrogens is 6. The zero-order valence-electron chi connectivity index (χ0n) is 21.9. The first-order valence-electron chi connectivity index (χ1n) is 13.7. The molecule has 0 N–H and O–H groups in total. The van der Waals surface area contributed by atoms with Gasteiger partial charge in [-0.05, 0) is 42.5 Å². The van der Waals surface area contributed by atoms with Crippen LogP contribution in [0.15, 0.2) is 133 Å². The smallest absolute Gasteiger partial charge is 0.223 e. The van der Waals surface area contributed by atoms with E-state index in [1.807, 2.05) is 36.4 Å². The summed E-state index contributed by atoms with van der Waals surface area (Å²) in [5.41, 5.74) is 8.16. The van der Waals surface area contributed by atoms with Crippen LogP contribution < -0.4 is 0 Å². The van der Waals surface area contributed by atoms with Crippen molar-refractivity contribution in [1.29, 1.82) is 0 Å². The van der Waals surface area contributed by atoms with Crippen molar-refractivity contribution < 1.29 is 0 Å². The maximum atomic E-state index is 5.26. The van der Waals surface area contributed by atoms with Gasteiger partial charge < -0.3 is 0 Å². The fourth-order valence-corrected chi connectivity index (χ4v) is 6.09. The Morgan fingerprint density at radius 1 is 0.463 bits per heavy atom. The lowest BCUT2D eigenvalue weighted by Crippen LogP contribution is -2.03. The Morgan fingerprint density at radius 3 is 1.90 bits per heavy atom. The molecule has 0 aliphatic rings. The maximum absolute atomic E-state index is 5.26. The van der Waals surface area contributed by atoms with Crippen LogP contribution in [0.5, 0.6) is 0 Å². The van der Waals surface area contributed by atoms with E-state index >= 15 is 0 Å². The molecule has 0 spiro atoms. The van der Waals surface area contributed by atoms with Gasteiger partial charge >= 0.3 is 0 Å². The fraction of sp³-hybridized carbons (Fsp3) is 0. The molecule has 6 nitrogen and oxygen atoms in total. The number of nitrogens with zero attached hydrogens (tertiary/aromatic N) is 6. The maximum Gasteiger partial charge on any atom is 0.223 e. The third-order valence-electron chi connectivity index (χ3n) is 7.84. The summed E-state index contributed by atoms with van der Waals surface area (Å²) in [6, 6.07) is 45.8. The average Bonchev–Trinajstić information content (AvgIpc) is 3.68. The van der Waals surface area contributed by atoms with E-state index in [0.29, 0.717) is 5.82 Å². The molecule has 0 amide bonds. The molecule has 9 aromatic rings. The molecule has 192 valence electrons. The predicted octanol–water partition coefficient (Wildman–Crippen LogP) is 7.99. The van der Waals surface area contributed by atoms with Gasteiger partial charge in [0.05, 0.1) is 22.1 Å². The van der Waals surface area contributed by atoms with Crippen molar-refractivity contribution in [3.63, 3.8) is 0 Å². The summed E-state index contributed by atoms with van der Waals surface area (Å²) < 4.78 is 6.84. The van der Waals surface area contributed by atoms with Crippen LogP contribution in [0, 0.1) is 0 Å². The third-order valence-corrected chi connectivity index (χ3v) is 7.84. The first kappa shape index (κ1) is 22.1. The number of benzene rings is 5. The molecule has 41 heavy (non-hydrogen) atoms. The Bertz CT molecular complexity index is 2410. The van der Waals surface area contributed by atoms with Gasteiger partial charge in [-0.25, -0.2) is 15.0 Å². The second-order valence-electron chi connectivity index (χ2n) is 10.2. The van der Waals surface area contributed by atoms with E-state index in [1.165, 1.54) is 0 Å². The Morgan fingerprint density at radius 2 is 1.10 bits per heavy atom. The highest BCUT2D eigenvalue weighted by Crippen LogP contribution is 2.39. The van der Waals surface area contributed by atoms with E-state index in [1.54, 1.807) is 0 Å². The van der Waals surface area contributed by atoms with Gasteiger partial charge in [0.1, 0.15) is 5.52 Å². The van der Waals surface area contributed by atoms with E-state index in [0.717, 1.165) is 66.8 Å². The zero-order chi connectivity index (χ0) is 26.9. The molecule has 0 radical (unpaired) electrons. The van der Waals surface area contributed by atoms with Crippen molar-refractivity contribution in [2.45, 2.75) is 0 Å². The van der Waals surface area contributed by atoms with E-state index in [-0.39, 0.29) is 0 Å². The number of rotatable bonds is 3. The van der Waals surface area contributed by atoms with Gasteiger partial charge in [-0.2, -0.15) is 0 Å². The lowest BCUT2D eigenvalue weighted by Gasteiger charge is -2.11. The summed E-state index contributed by atoms with van der Waals surface area (Å²) in [4.78, 5) is 15.4. The van der Waals surface area contributed by atoms with Crippen LogP contribution in [-0.2, 0) is 0 Å². The molecule has 0 aliphatic heterocycles. The van der Waals surface area contributed by atoms with Gasteiger partial charge in [0.25, 0.3) is 0 Å². The molecular weight excluding hydrogens is 504 g/mol. The Hall–Kier alpha value is -5.75. The summed E-state index contributed by atoms with van der Waals surface area (Å²) in [7, 11) is 0. The van der Waals surface area contributed by atoms with Crippen LogP contribution in [0.3, 0.4) is 0 Å². The van der Waals surface area contributed by atoms with Gasteiger partial charge in [0, 0.05) is 22.0 Å². The first-order valence-corrected chi connectivity index (χ1v) is 13.7. The Kier molecular flexibility index (Phi) is 4.51. The molecule has 0 atom stereocenters. The highest BCUT2D eigenvalue weighted by atomic mass is 15.3. The van der Waals surface area contributed by atoms with Gasteiger partial charge in [0.2, 0.25) is 5.78 Å². The zero-order valence-corrected chi connectivity index (χ0v) is 21.9. The van der Waals surface area contributed by atoms with Crippen LogP contribution in [0.4, 0.5) is 0 Å². The normalized spacial score (nSPS) is 11.9. The summed E-state index contributed by atoms with van der Waals surface area (Å²) >= 11 is 0. The highest BCUT2D eigenvalue weighted by Gasteiger charge is 2.26. The molecule has 9 rings (SSSR count). The molecule has 0 bridgehead atoms. The molecular formula is C35H22N6. The number of para-hydroxylation sites is 5.